The lowest BCUT2D eigenvalue weighted by atomic mass is 10.1. The van der Waals surface area contributed by atoms with E-state index in [0.29, 0.717) is 5.69 Å². The van der Waals surface area contributed by atoms with E-state index in [1.807, 2.05) is 45.9 Å². The van der Waals surface area contributed by atoms with E-state index < -0.39 is 0 Å². The monoisotopic (exact) mass is 272 g/mol. The molecule has 5 heteroatoms. The summed E-state index contributed by atoms with van der Waals surface area (Å²) in [6.07, 6.45) is 0. The van der Waals surface area contributed by atoms with Gasteiger partial charge in [-0.1, -0.05) is 17.7 Å². The first-order valence-electron chi connectivity index (χ1n) is 6.55. The molecule has 0 saturated carbocycles. The minimum atomic E-state index is -0.109. The summed E-state index contributed by atoms with van der Waals surface area (Å²) in [6, 6.07) is 5.93. The second-order valence-electron chi connectivity index (χ2n) is 5.11. The number of nitrogens with zero attached hydrogens (tertiary/aromatic N) is 2. The lowest BCUT2D eigenvalue weighted by molar-refractivity contribution is -0.116. The second-order valence-corrected chi connectivity index (χ2v) is 5.11. The van der Waals surface area contributed by atoms with Crippen molar-refractivity contribution in [2.75, 3.05) is 11.1 Å². The van der Waals surface area contributed by atoms with Gasteiger partial charge in [-0.15, -0.1) is 0 Å². The van der Waals surface area contributed by atoms with Gasteiger partial charge in [0.2, 0.25) is 5.91 Å². The summed E-state index contributed by atoms with van der Waals surface area (Å²) in [5.41, 5.74) is 11.1. The molecule has 0 spiro atoms. The standard InChI is InChI=1S/C15H20N4O/c1-9-5-6-13(10(2)7-9)17-14(20)8-19-12(4)15(16)11(3)18-19/h5-7H,8,16H2,1-4H3,(H,17,20). The van der Waals surface area contributed by atoms with E-state index in [1.54, 1.807) is 4.68 Å². The van der Waals surface area contributed by atoms with Crippen molar-refractivity contribution >= 4 is 17.3 Å². The highest BCUT2D eigenvalue weighted by atomic mass is 16.2. The number of amides is 1. The van der Waals surface area contributed by atoms with Crippen LogP contribution in [0.5, 0.6) is 0 Å². The Kier molecular flexibility index (Phi) is 3.79. The number of hydrogen-bond donors (Lipinski definition) is 2. The highest BCUT2D eigenvalue weighted by Gasteiger charge is 2.12. The Bertz CT molecular complexity index is 658. The van der Waals surface area contributed by atoms with E-state index in [9.17, 15) is 4.79 Å². The first-order chi connectivity index (χ1) is 9.38. The summed E-state index contributed by atoms with van der Waals surface area (Å²) in [5, 5.41) is 7.16. The van der Waals surface area contributed by atoms with Gasteiger partial charge >= 0.3 is 0 Å². The van der Waals surface area contributed by atoms with Gasteiger partial charge in [0.15, 0.2) is 0 Å². The van der Waals surface area contributed by atoms with E-state index in [-0.39, 0.29) is 12.5 Å². The van der Waals surface area contributed by atoms with Crippen LogP contribution in [-0.4, -0.2) is 15.7 Å². The zero-order valence-electron chi connectivity index (χ0n) is 12.3. The smallest absolute Gasteiger partial charge is 0.246 e. The Morgan fingerprint density at radius 3 is 2.55 bits per heavy atom. The molecule has 20 heavy (non-hydrogen) atoms. The lowest BCUT2D eigenvalue weighted by Crippen LogP contribution is -2.20. The number of benzene rings is 1. The fraction of sp³-hybridized carbons (Fsp3) is 0.333. The average molecular weight is 272 g/mol. The first-order valence-corrected chi connectivity index (χ1v) is 6.55. The minimum Gasteiger partial charge on any atom is -0.396 e. The van der Waals surface area contributed by atoms with Crippen LogP contribution in [0.2, 0.25) is 0 Å². The van der Waals surface area contributed by atoms with E-state index in [1.165, 1.54) is 5.56 Å². The third-order valence-corrected chi connectivity index (χ3v) is 3.39. The molecule has 3 N–H and O–H groups in total. The molecule has 0 fully saturated rings. The van der Waals surface area contributed by atoms with Crippen molar-refractivity contribution in [3.8, 4) is 0 Å². The molecule has 2 rings (SSSR count). The van der Waals surface area contributed by atoms with Gasteiger partial charge < -0.3 is 11.1 Å². The van der Waals surface area contributed by atoms with Gasteiger partial charge in [0.25, 0.3) is 0 Å². The molecular formula is C15H20N4O. The van der Waals surface area contributed by atoms with Crippen molar-refractivity contribution < 1.29 is 4.79 Å². The molecule has 5 nitrogen and oxygen atoms in total. The van der Waals surface area contributed by atoms with E-state index in [2.05, 4.69) is 10.4 Å². The summed E-state index contributed by atoms with van der Waals surface area (Å²) >= 11 is 0. The molecule has 1 amide bonds. The normalized spacial score (nSPS) is 10.6. The van der Waals surface area contributed by atoms with Crippen LogP contribution in [-0.2, 0) is 11.3 Å². The average Bonchev–Trinajstić information content (AvgIpc) is 2.61. The molecule has 0 aliphatic rings. The number of anilines is 2. The van der Waals surface area contributed by atoms with Crippen LogP contribution in [0.1, 0.15) is 22.5 Å². The summed E-state index contributed by atoms with van der Waals surface area (Å²) in [6.45, 7) is 7.86. The SMILES string of the molecule is Cc1ccc(NC(=O)Cn2nc(C)c(N)c2C)c(C)c1. The fourth-order valence-corrected chi connectivity index (χ4v) is 2.14. The molecular weight excluding hydrogens is 252 g/mol. The highest BCUT2D eigenvalue weighted by molar-refractivity contribution is 5.91. The van der Waals surface area contributed by atoms with E-state index in [0.717, 1.165) is 22.6 Å². The summed E-state index contributed by atoms with van der Waals surface area (Å²) < 4.78 is 1.63. The lowest BCUT2D eigenvalue weighted by Gasteiger charge is -2.10. The van der Waals surface area contributed by atoms with Crippen molar-refractivity contribution in [2.45, 2.75) is 34.2 Å². The van der Waals surface area contributed by atoms with Crippen molar-refractivity contribution in [3.05, 3.63) is 40.7 Å². The molecule has 2 aromatic rings. The molecule has 1 aromatic heterocycles. The predicted molar refractivity (Wildman–Crippen MR) is 80.7 cm³/mol. The maximum absolute atomic E-state index is 12.1. The topological polar surface area (TPSA) is 72.9 Å². The molecule has 0 aliphatic heterocycles. The van der Waals surface area contributed by atoms with Crippen molar-refractivity contribution in [3.63, 3.8) is 0 Å². The quantitative estimate of drug-likeness (QED) is 0.900. The number of aromatic nitrogens is 2. The van der Waals surface area contributed by atoms with Gasteiger partial charge in [0, 0.05) is 5.69 Å². The first kappa shape index (κ1) is 14.1. The molecule has 0 radical (unpaired) electrons. The Balaban J connectivity index is 2.11. The van der Waals surface area contributed by atoms with Gasteiger partial charge in [-0.25, -0.2) is 0 Å². The molecule has 0 atom stereocenters. The van der Waals surface area contributed by atoms with Crippen molar-refractivity contribution in [2.24, 2.45) is 0 Å². The van der Waals surface area contributed by atoms with Crippen molar-refractivity contribution in [1.29, 1.82) is 0 Å². The summed E-state index contributed by atoms with van der Waals surface area (Å²) in [5.74, 6) is -0.109. The number of rotatable bonds is 3. The van der Waals surface area contributed by atoms with E-state index in [4.69, 9.17) is 5.73 Å². The maximum atomic E-state index is 12.1. The van der Waals surface area contributed by atoms with E-state index >= 15 is 0 Å². The Labute approximate surface area is 118 Å². The Morgan fingerprint density at radius 1 is 1.30 bits per heavy atom. The van der Waals surface area contributed by atoms with Crippen LogP contribution in [0.25, 0.3) is 0 Å². The molecule has 0 bridgehead atoms. The summed E-state index contributed by atoms with van der Waals surface area (Å²) in [7, 11) is 0. The molecule has 0 unspecified atom stereocenters. The zero-order valence-corrected chi connectivity index (χ0v) is 12.3. The third-order valence-electron chi connectivity index (χ3n) is 3.39. The largest absolute Gasteiger partial charge is 0.396 e. The molecule has 106 valence electrons. The molecule has 0 saturated heterocycles. The van der Waals surface area contributed by atoms with Crippen LogP contribution < -0.4 is 11.1 Å². The number of carbonyl (C=O) groups is 1. The van der Waals surface area contributed by atoms with Gasteiger partial charge in [-0.3, -0.25) is 9.48 Å². The highest BCUT2D eigenvalue weighted by Crippen LogP contribution is 2.17. The number of aryl methyl sites for hydroxylation is 3. The summed E-state index contributed by atoms with van der Waals surface area (Å²) in [4.78, 5) is 12.1. The predicted octanol–water partition coefficient (Wildman–Crippen LogP) is 2.34. The Morgan fingerprint density at radius 2 is 2.00 bits per heavy atom. The maximum Gasteiger partial charge on any atom is 0.246 e. The van der Waals surface area contributed by atoms with Gasteiger partial charge in [0.1, 0.15) is 6.54 Å². The Hall–Kier alpha value is -2.30. The van der Waals surface area contributed by atoms with Crippen LogP contribution >= 0.6 is 0 Å². The van der Waals surface area contributed by atoms with Crippen LogP contribution in [0.3, 0.4) is 0 Å². The zero-order chi connectivity index (χ0) is 14.9. The number of nitrogens with one attached hydrogen (secondary N) is 1. The van der Waals surface area contributed by atoms with Gasteiger partial charge in [-0.05, 0) is 39.3 Å². The number of nitrogens with two attached hydrogens (primary N) is 1. The van der Waals surface area contributed by atoms with Gasteiger partial charge in [0.05, 0.1) is 17.1 Å². The van der Waals surface area contributed by atoms with Gasteiger partial charge in [-0.2, -0.15) is 5.10 Å². The third kappa shape index (κ3) is 2.82. The second kappa shape index (κ2) is 5.36. The number of carbonyl (C=O) groups excluding carboxylic acids is 1. The molecule has 1 aromatic carbocycles. The minimum absolute atomic E-state index is 0.109. The van der Waals surface area contributed by atoms with Crippen molar-refractivity contribution in [1.82, 2.24) is 9.78 Å². The van der Waals surface area contributed by atoms with Crippen LogP contribution in [0.4, 0.5) is 11.4 Å². The fourth-order valence-electron chi connectivity index (χ4n) is 2.14. The number of nitrogen functional groups attached to an aromatic ring is 1. The number of hydrogen-bond acceptors (Lipinski definition) is 3. The van der Waals surface area contributed by atoms with Crippen LogP contribution in [0.15, 0.2) is 18.2 Å². The molecule has 0 aliphatic carbocycles. The molecule has 1 heterocycles. The van der Waals surface area contributed by atoms with Crippen LogP contribution in [0, 0.1) is 27.7 Å².